The normalized spacial score (nSPS) is 15.0. The largest absolute Gasteiger partial charge is 0.454 e. The van der Waals surface area contributed by atoms with Crippen LogP contribution in [0.1, 0.15) is 5.56 Å². The molecule has 0 amide bonds. The summed E-state index contributed by atoms with van der Waals surface area (Å²) in [4.78, 5) is 15.8. The number of hydrazone groups is 1. The van der Waals surface area contributed by atoms with Crippen molar-refractivity contribution in [3.8, 4) is 11.5 Å². The van der Waals surface area contributed by atoms with Crippen molar-refractivity contribution in [1.29, 1.82) is 0 Å². The summed E-state index contributed by atoms with van der Waals surface area (Å²) < 4.78 is 16.3. The zero-order valence-electron chi connectivity index (χ0n) is 18.8. The minimum atomic E-state index is 0.232. The van der Waals surface area contributed by atoms with Crippen molar-refractivity contribution < 1.29 is 14.2 Å². The zero-order chi connectivity index (χ0) is 23.5. The van der Waals surface area contributed by atoms with Gasteiger partial charge in [-0.25, -0.2) is 5.43 Å². The van der Waals surface area contributed by atoms with Crippen molar-refractivity contribution in [2.45, 2.75) is 0 Å². The van der Waals surface area contributed by atoms with Gasteiger partial charge in [-0.3, -0.25) is 0 Å². The van der Waals surface area contributed by atoms with Crippen LogP contribution >= 0.6 is 0 Å². The molecule has 1 fully saturated rings. The Bertz CT molecular complexity index is 1390. The molecule has 10 nitrogen and oxygen atoms in total. The van der Waals surface area contributed by atoms with Gasteiger partial charge in [0.15, 0.2) is 11.5 Å². The Balaban J connectivity index is 1.25. The average Bonchev–Trinajstić information content (AvgIpc) is 3.37. The number of fused-ring (bicyclic) bond motifs is 2. The topological polar surface area (TPSA) is 106 Å². The summed E-state index contributed by atoms with van der Waals surface area (Å²) in [5.74, 6) is 2.75. The van der Waals surface area contributed by atoms with Crippen LogP contribution < -0.4 is 25.1 Å². The second-order valence-corrected chi connectivity index (χ2v) is 8.05. The van der Waals surface area contributed by atoms with E-state index in [0.717, 1.165) is 22.4 Å². The van der Waals surface area contributed by atoms with Gasteiger partial charge in [0.05, 0.1) is 19.4 Å². The Morgan fingerprint density at radius 1 is 0.829 bits per heavy atom. The molecule has 6 rings (SSSR count). The van der Waals surface area contributed by atoms with E-state index in [4.69, 9.17) is 14.2 Å². The van der Waals surface area contributed by atoms with Crippen LogP contribution in [0.5, 0.6) is 11.5 Å². The van der Waals surface area contributed by atoms with Crippen molar-refractivity contribution in [2.75, 3.05) is 48.7 Å². The predicted molar refractivity (Wildman–Crippen MR) is 134 cm³/mol. The summed E-state index contributed by atoms with van der Waals surface area (Å²) in [6.45, 7) is 2.91. The second kappa shape index (κ2) is 9.43. The van der Waals surface area contributed by atoms with Crippen LogP contribution in [0.25, 0.3) is 10.8 Å². The fourth-order valence-corrected chi connectivity index (χ4v) is 3.93. The standard InChI is InChI=1S/C25H23N7O3/c1-2-4-19-14-20(7-6-18(19)3-1)27-23-28-24(30-25(29-23)32-9-11-33-12-10-32)31-26-15-17-5-8-21-22(13-17)35-16-34-21/h1-8,13-15H,9-12,16H2,(H2,27,28,29,30,31)/b26-15-. The van der Waals surface area contributed by atoms with Crippen LogP contribution in [0.3, 0.4) is 0 Å². The van der Waals surface area contributed by atoms with E-state index in [1.807, 2.05) is 36.4 Å². The molecule has 0 saturated carbocycles. The highest BCUT2D eigenvalue weighted by molar-refractivity contribution is 5.86. The van der Waals surface area contributed by atoms with Gasteiger partial charge in [0.25, 0.3) is 0 Å². The average molecular weight is 470 g/mol. The van der Waals surface area contributed by atoms with Crippen molar-refractivity contribution in [2.24, 2.45) is 5.10 Å². The third kappa shape index (κ3) is 4.78. The van der Waals surface area contributed by atoms with Gasteiger partial charge in [-0.15, -0.1) is 0 Å². The maximum absolute atomic E-state index is 5.48. The Morgan fingerprint density at radius 3 is 2.57 bits per heavy atom. The minimum absolute atomic E-state index is 0.232. The highest BCUT2D eigenvalue weighted by Gasteiger charge is 2.17. The van der Waals surface area contributed by atoms with E-state index in [1.165, 1.54) is 5.39 Å². The number of ether oxygens (including phenoxy) is 3. The molecule has 35 heavy (non-hydrogen) atoms. The molecular formula is C25H23N7O3. The monoisotopic (exact) mass is 469 g/mol. The maximum Gasteiger partial charge on any atom is 0.250 e. The SMILES string of the molecule is C(=N/Nc1nc(Nc2ccc3ccccc3c2)nc(N2CCOCC2)n1)/c1ccc2c(c1)OCO2. The molecule has 1 saturated heterocycles. The number of nitrogens with zero attached hydrogens (tertiary/aromatic N) is 5. The molecule has 0 unspecified atom stereocenters. The summed E-state index contributed by atoms with van der Waals surface area (Å²) in [6.07, 6.45) is 1.68. The second-order valence-electron chi connectivity index (χ2n) is 8.05. The lowest BCUT2D eigenvalue weighted by Gasteiger charge is -2.27. The number of nitrogens with one attached hydrogen (secondary N) is 2. The molecule has 0 radical (unpaired) electrons. The molecule has 0 spiro atoms. The van der Waals surface area contributed by atoms with Gasteiger partial charge in [-0.05, 0) is 46.7 Å². The summed E-state index contributed by atoms with van der Waals surface area (Å²) in [6, 6.07) is 20.0. The molecule has 2 aliphatic rings. The highest BCUT2D eigenvalue weighted by Crippen LogP contribution is 2.32. The van der Waals surface area contributed by atoms with E-state index in [0.29, 0.717) is 49.9 Å². The zero-order valence-corrected chi connectivity index (χ0v) is 18.8. The van der Waals surface area contributed by atoms with Crippen molar-refractivity contribution >= 4 is 40.5 Å². The Kier molecular flexibility index (Phi) is 5.69. The molecular weight excluding hydrogens is 446 g/mol. The summed E-state index contributed by atoms with van der Waals surface area (Å²) in [7, 11) is 0. The first kappa shape index (κ1) is 21.1. The van der Waals surface area contributed by atoms with Crippen molar-refractivity contribution in [3.63, 3.8) is 0 Å². The lowest BCUT2D eigenvalue weighted by atomic mass is 10.1. The first-order valence-electron chi connectivity index (χ1n) is 11.3. The quantitative estimate of drug-likeness (QED) is 0.322. The van der Waals surface area contributed by atoms with Crippen molar-refractivity contribution in [3.05, 3.63) is 66.2 Å². The Labute approximate surface area is 201 Å². The first-order chi connectivity index (χ1) is 17.3. The number of hydrogen-bond acceptors (Lipinski definition) is 10. The van der Waals surface area contributed by atoms with Crippen LogP contribution in [0, 0.1) is 0 Å². The Hall–Kier alpha value is -4.44. The van der Waals surface area contributed by atoms with Crippen LogP contribution in [0.15, 0.2) is 65.8 Å². The molecule has 1 aromatic heterocycles. The van der Waals surface area contributed by atoms with Crippen LogP contribution in [-0.2, 0) is 4.74 Å². The number of morpholine rings is 1. The summed E-state index contributed by atoms with van der Waals surface area (Å²) in [5, 5.41) is 9.93. The molecule has 176 valence electrons. The molecule has 2 N–H and O–H groups in total. The number of anilines is 4. The number of benzene rings is 3. The number of rotatable bonds is 6. The first-order valence-corrected chi connectivity index (χ1v) is 11.3. The van der Waals surface area contributed by atoms with Crippen LogP contribution in [0.2, 0.25) is 0 Å². The molecule has 3 aromatic carbocycles. The van der Waals surface area contributed by atoms with Gasteiger partial charge < -0.3 is 24.4 Å². The van der Waals surface area contributed by atoms with Gasteiger partial charge >= 0.3 is 0 Å². The smallest absolute Gasteiger partial charge is 0.250 e. The summed E-state index contributed by atoms with van der Waals surface area (Å²) in [5.41, 5.74) is 4.68. The number of hydrogen-bond donors (Lipinski definition) is 2. The fourth-order valence-electron chi connectivity index (χ4n) is 3.93. The van der Waals surface area contributed by atoms with Crippen LogP contribution in [0.4, 0.5) is 23.5 Å². The predicted octanol–water partition coefficient (Wildman–Crippen LogP) is 3.78. The third-order valence-corrected chi connectivity index (χ3v) is 5.70. The van der Waals surface area contributed by atoms with E-state index in [2.05, 4.69) is 60.0 Å². The molecule has 10 heteroatoms. The third-order valence-electron chi connectivity index (χ3n) is 5.70. The molecule has 0 bridgehead atoms. The van der Waals surface area contributed by atoms with Gasteiger partial charge in [-0.1, -0.05) is 30.3 Å². The number of aromatic nitrogens is 3. The van der Waals surface area contributed by atoms with E-state index in [-0.39, 0.29) is 6.79 Å². The van der Waals surface area contributed by atoms with Gasteiger partial charge in [0, 0.05) is 18.8 Å². The lowest BCUT2D eigenvalue weighted by Crippen LogP contribution is -2.37. The highest BCUT2D eigenvalue weighted by atomic mass is 16.7. The fraction of sp³-hybridized carbons (Fsp3) is 0.200. The van der Waals surface area contributed by atoms with E-state index in [9.17, 15) is 0 Å². The van der Waals surface area contributed by atoms with E-state index >= 15 is 0 Å². The molecule has 0 atom stereocenters. The maximum atomic E-state index is 5.48. The van der Waals surface area contributed by atoms with Gasteiger partial charge in [0.2, 0.25) is 24.6 Å². The van der Waals surface area contributed by atoms with Crippen molar-refractivity contribution in [1.82, 2.24) is 15.0 Å². The van der Waals surface area contributed by atoms with Gasteiger partial charge in [0.1, 0.15) is 0 Å². The summed E-state index contributed by atoms with van der Waals surface area (Å²) >= 11 is 0. The van der Waals surface area contributed by atoms with Gasteiger partial charge in [-0.2, -0.15) is 20.1 Å². The van der Waals surface area contributed by atoms with Crippen LogP contribution in [-0.4, -0.2) is 54.3 Å². The Morgan fingerprint density at radius 2 is 1.66 bits per heavy atom. The molecule has 3 heterocycles. The molecule has 2 aliphatic heterocycles. The van der Waals surface area contributed by atoms with E-state index in [1.54, 1.807) is 6.21 Å². The lowest BCUT2D eigenvalue weighted by molar-refractivity contribution is 0.122. The molecule has 0 aliphatic carbocycles. The minimum Gasteiger partial charge on any atom is -0.454 e. The van der Waals surface area contributed by atoms with E-state index < -0.39 is 0 Å². The molecule has 4 aromatic rings.